The first-order valence-electron chi connectivity index (χ1n) is 9.82. The Morgan fingerprint density at radius 3 is 2.71 bits per heavy atom. The van der Waals surface area contributed by atoms with Crippen molar-refractivity contribution in [2.75, 3.05) is 5.32 Å². The lowest BCUT2D eigenvalue weighted by atomic mass is 9.88. The van der Waals surface area contributed by atoms with Crippen LogP contribution in [0, 0.1) is 18.3 Å². The second-order valence-corrected chi connectivity index (χ2v) is 7.17. The van der Waals surface area contributed by atoms with Crippen LogP contribution in [0.4, 0.5) is 5.69 Å². The van der Waals surface area contributed by atoms with E-state index in [9.17, 15) is 10.1 Å². The molecule has 144 valence electrons. The standard InChI is InChI=1S/C23H26N4O/c1-3-22(19-10-9-17-6-4-5-7-18(17)12-19)27-23(28)20(13-24)14-26-21-11-8-16(2)25-15-21/h8-12,14-15,22,26H,3-7H2,1-2H3,(H,27,28)/b20-14-. The van der Waals surface area contributed by atoms with Crippen LogP contribution in [0.5, 0.6) is 0 Å². The maximum Gasteiger partial charge on any atom is 0.263 e. The lowest BCUT2D eigenvalue weighted by Gasteiger charge is -2.21. The molecule has 0 radical (unpaired) electrons. The van der Waals surface area contributed by atoms with E-state index in [2.05, 4.69) is 33.8 Å². The summed E-state index contributed by atoms with van der Waals surface area (Å²) >= 11 is 0. The molecule has 0 aliphatic heterocycles. The number of carbonyl (C=O) groups excluding carboxylic acids is 1. The number of nitriles is 1. The van der Waals surface area contributed by atoms with Crippen LogP contribution in [0.25, 0.3) is 0 Å². The van der Waals surface area contributed by atoms with Gasteiger partial charge in [0.25, 0.3) is 5.91 Å². The van der Waals surface area contributed by atoms with Gasteiger partial charge in [-0.05, 0) is 67.9 Å². The number of carbonyl (C=O) groups is 1. The van der Waals surface area contributed by atoms with Gasteiger partial charge in [-0.15, -0.1) is 0 Å². The number of anilines is 1. The molecule has 1 aliphatic rings. The van der Waals surface area contributed by atoms with Crippen LogP contribution < -0.4 is 10.6 Å². The second-order valence-electron chi connectivity index (χ2n) is 7.17. The zero-order valence-corrected chi connectivity index (χ0v) is 16.5. The Hall–Kier alpha value is -3.13. The van der Waals surface area contributed by atoms with Gasteiger partial charge in [0.15, 0.2) is 0 Å². The summed E-state index contributed by atoms with van der Waals surface area (Å²) in [5.74, 6) is -0.375. The van der Waals surface area contributed by atoms with Crippen LogP contribution in [0.2, 0.25) is 0 Å². The highest BCUT2D eigenvalue weighted by atomic mass is 16.1. The summed E-state index contributed by atoms with van der Waals surface area (Å²) in [6.45, 7) is 3.94. The second kappa shape index (κ2) is 9.18. The van der Waals surface area contributed by atoms with Crippen LogP contribution in [0.3, 0.4) is 0 Å². The Bertz CT molecular complexity index is 909. The molecule has 2 N–H and O–H groups in total. The number of nitrogens with one attached hydrogen (secondary N) is 2. The monoisotopic (exact) mass is 374 g/mol. The van der Waals surface area contributed by atoms with Gasteiger partial charge in [-0.1, -0.05) is 25.1 Å². The maximum absolute atomic E-state index is 12.6. The van der Waals surface area contributed by atoms with E-state index in [-0.39, 0.29) is 17.5 Å². The molecule has 0 bridgehead atoms. The molecule has 0 fully saturated rings. The lowest BCUT2D eigenvalue weighted by molar-refractivity contribution is -0.117. The summed E-state index contributed by atoms with van der Waals surface area (Å²) in [5, 5.41) is 15.4. The fraction of sp³-hybridized carbons (Fsp3) is 0.348. The van der Waals surface area contributed by atoms with Gasteiger partial charge in [-0.3, -0.25) is 9.78 Å². The number of hydrogen-bond acceptors (Lipinski definition) is 4. The van der Waals surface area contributed by atoms with Crippen molar-refractivity contribution in [3.05, 3.63) is 70.7 Å². The molecule has 1 aliphatic carbocycles. The lowest BCUT2D eigenvalue weighted by Crippen LogP contribution is -2.29. The number of nitrogens with zero attached hydrogens (tertiary/aromatic N) is 2. The minimum atomic E-state index is -0.375. The van der Waals surface area contributed by atoms with Gasteiger partial charge in [0.05, 0.1) is 17.9 Å². The molecule has 0 spiro atoms. The molecule has 1 amide bonds. The fourth-order valence-corrected chi connectivity index (χ4v) is 3.48. The largest absolute Gasteiger partial charge is 0.359 e. The molecular formula is C23H26N4O. The molecule has 1 aromatic carbocycles. The highest BCUT2D eigenvalue weighted by Crippen LogP contribution is 2.26. The quantitative estimate of drug-likeness (QED) is 0.582. The molecule has 0 saturated heterocycles. The molecule has 5 heteroatoms. The van der Waals surface area contributed by atoms with Gasteiger partial charge in [0, 0.05) is 11.9 Å². The number of rotatable bonds is 6. The van der Waals surface area contributed by atoms with E-state index < -0.39 is 0 Å². The third-order valence-electron chi connectivity index (χ3n) is 5.15. The first kappa shape index (κ1) is 19.6. The van der Waals surface area contributed by atoms with E-state index in [1.807, 2.05) is 32.0 Å². The van der Waals surface area contributed by atoms with Gasteiger partial charge < -0.3 is 10.6 Å². The van der Waals surface area contributed by atoms with Crippen LogP contribution in [0.1, 0.15) is 54.6 Å². The average molecular weight is 374 g/mol. The fourth-order valence-electron chi connectivity index (χ4n) is 3.48. The van der Waals surface area contributed by atoms with Crippen molar-refractivity contribution in [2.24, 2.45) is 0 Å². The first-order chi connectivity index (χ1) is 13.6. The number of amides is 1. The van der Waals surface area contributed by atoms with Crippen molar-refractivity contribution in [2.45, 2.75) is 52.0 Å². The number of pyridine rings is 1. The van der Waals surface area contributed by atoms with Crippen molar-refractivity contribution in [1.82, 2.24) is 10.3 Å². The van der Waals surface area contributed by atoms with Crippen molar-refractivity contribution < 1.29 is 4.79 Å². The van der Waals surface area contributed by atoms with Crippen LogP contribution in [-0.2, 0) is 17.6 Å². The summed E-state index contributed by atoms with van der Waals surface area (Å²) in [4.78, 5) is 16.8. The van der Waals surface area contributed by atoms with Gasteiger partial charge in [0.2, 0.25) is 0 Å². The normalized spacial score (nSPS) is 14.5. The molecule has 28 heavy (non-hydrogen) atoms. The molecular weight excluding hydrogens is 348 g/mol. The highest BCUT2D eigenvalue weighted by molar-refractivity contribution is 5.97. The minimum Gasteiger partial charge on any atom is -0.359 e. The maximum atomic E-state index is 12.6. The molecule has 1 unspecified atom stereocenters. The summed E-state index contributed by atoms with van der Waals surface area (Å²) in [7, 11) is 0. The Balaban J connectivity index is 1.70. The van der Waals surface area contributed by atoms with E-state index >= 15 is 0 Å². The van der Waals surface area contributed by atoms with Gasteiger partial charge in [-0.2, -0.15) is 5.26 Å². The number of aryl methyl sites for hydroxylation is 3. The van der Waals surface area contributed by atoms with Crippen LogP contribution >= 0.6 is 0 Å². The van der Waals surface area contributed by atoms with Crippen molar-refractivity contribution in [3.63, 3.8) is 0 Å². The average Bonchev–Trinajstić information content (AvgIpc) is 2.73. The third kappa shape index (κ3) is 4.77. The van der Waals surface area contributed by atoms with E-state index in [1.54, 1.807) is 6.20 Å². The predicted molar refractivity (Wildman–Crippen MR) is 111 cm³/mol. The zero-order valence-electron chi connectivity index (χ0n) is 16.5. The molecule has 2 aromatic rings. The minimum absolute atomic E-state index is 0.0389. The molecule has 1 aromatic heterocycles. The van der Waals surface area contributed by atoms with Gasteiger partial charge >= 0.3 is 0 Å². The number of benzene rings is 1. The Morgan fingerprint density at radius 2 is 2.04 bits per heavy atom. The summed E-state index contributed by atoms with van der Waals surface area (Å²) in [6.07, 6.45) is 8.58. The van der Waals surface area contributed by atoms with Crippen molar-refractivity contribution >= 4 is 11.6 Å². The van der Waals surface area contributed by atoms with Crippen molar-refractivity contribution in [1.29, 1.82) is 5.26 Å². The van der Waals surface area contributed by atoms with E-state index in [4.69, 9.17) is 0 Å². The smallest absolute Gasteiger partial charge is 0.263 e. The Morgan fingerprint density at radius 1 is 1.25 bits per heavy atom. The SMILES string of the molecule is CCC(NC(=O)/C(C#N)=C\Nc1ccc(C)nc1)c1ccc2c(c1)CCCC2. The number of aromatic nitrogens is 1. The predicted octanol–water partition coefficient (Wildman–Crippen LogP) is 4.36. The van der Waals surface area contributed by atoms with Crippen LogP contribution in [0.15, 0.2) is 48.3 Å². The third-order valence-corrected chi connectivity index (χ3v) is 5.15. The zero-order chi connectivity index (χ0) is 19.9. The van der Waals surface area contributed by atoms with Gasteiger partial charge in [-0.25, -0.2) is 0 Å². The van der Waals surface area contributed by atoms with Crippen LogP contribution in [-0.4, -0.2) is 10.9 Å². The Labute approximate surface area is 166 Å². The van der Waals surface area contributed by atoms with E-state index in [1.165, 1.54) is 30.2 Å². The highest BCUT2D eigenvalue weighted by Gasteiger charge is 2.18. The summed E-state index contributed by atoms with van der Waals surface area (Å²) in [6, 6.07) is 12.1. The number of hydrogen-bond donors (Lipinski definition) is 2. The summed E-state index contributed by atoms with van der Waals surface area (Å²) < 4.78 is 0. The first-order valence-corrected chi connectivity index (χ1v) is 9.82. The molecule has 1 heterocycles. The topological polar surface area (TPSA) is 77.8 Å². The molecule has 0 saturated carbocycles. The van der Waals surface area contributed by atoms with E-state index in [0.717, 1.165) is 36.2 Å². The summed E-state index contributed by atoms with van der Waals surface area (Å²) in [5.41, 5.74) is 5.59. The number of fused-ring (bicyclic) bond motifs is 1. The van der Waals surface area contributed by atoms with Gasteiger partial charge in [0.1, 0.15) is 11.6 Å². The van der Waals surface area contributed by atoms with E-state index in [0.29, 0.717) is 0 Å². The Kier molecular flexibility index (Phi) is 6.44. The molecule has 5 nitrogen and oxygen atoms in total. The van der Waals surface area contributed by atoms with Crippen molar-refractivity contribution in [3.8, 4) is 6.07 Å². The molecule has 3 rings (SSSR count). The molecule has 1 atom stereocenters.